The third-order valence-corrected chi connectivity index (χ3v) is 3.62. The lowest BCUT2D eigenvalue weighted by molar-refractivity contribution is 0.263. The molecule has 6 nitrogen and oxygen atoms in total. The second kappa shape index (κ2) is 7.08. The number of nitrogens with zero attached hydrogens (tertiary/aromatic N) is 2. The first-order valence-electron chi connectivity index (χ1n) is 7.24. The third-order valence-electron chi connectivity index (χ3n) is 3.62. The highest BCUT2D eigenvalue weighted by atomic mass is 16.3. The zero-order valence-electron chi connectivity index (χ0n) is 13.0. The summed E-state index contributed by atoms with van der Waals surface area (Å²) in [4.78, 5) is 4.40. The number of hydrogen-bond donors (Lipinski definition) is 4. The van der Waals surface area contributed by atoms with E-state index >= 15 is 0 Å². The van der Waals surface area contributed by atoms with Crippen molar-refractivity contribution in [3.05, 3.63) is 24.5 Å². The van der Waals surface area contributed by atoms with E-state index < -0.39 is 0 Å². The van der Waals surface area contributed by atoms with Gasteiger partial charge in [-0.3, -0.25) is 0 Å². The topological polar surface area (TPSA) is 62.8 Å². The standard InChI is InChI=1S/C15H25N5O/c1-16-12-9-13(17-2)15(14(10-12)18-3)20-7-6-19(11-20)5-4-8-21/h6-7,9-10,16-18,21H,4-5,8,11H2,1-3H3. The quantitative estimate of drug-likeness (QED) is 0.614. The second-order valence-electron chi connectivity index (χ2n) is 4.97. The molecule has 21 heavy (non-hydrogen) atoms. The molecule has 0 radical (unpaired) electrons. The first-order chi connectivity index (χ1) is 10.2. The van der Waals surface area contributed by atoms with Crippen LogP contribution in [0, 0.1) is 0 Å². The predicted octanol–water partition coefficient (Wildman–Crippen LogP) is 1.74. The average molecular weight is 291 g/mol. The minimum absolute atomic E-state index is 0.227. The highest BCUT2D eigenvalue weighted by molar-refractivity contribution is 5.88. The van der Waals surface area contributed by atoms with Gasteiger partial charge >= 0.3 is 0 Å². The number of aliphatic hydroxyl groups is 1. The zero-order chi connectivity index (χ0) is 15.2. The Hall–Kier alpha value is -2.08. The summed E-state index contributed by atoms with van der Waals surface area (Å²) in [6, 6.07) is 4.20. The Morgan fingerprint density at radius 3 is 2.24 bits per heavy atom. The third kappa shape index (κ3) is 3.33. The van der Waals surface area contributed by atoms with Crippen LogP contribution in [-0.2, 0) is 0 Å². The van der Waals surface area contributed by atoms with Crippen LogP contribution in [0.1, 0.15) is 6.42 Å². The molecule has 0 saturated carbocycles. The lowest BCUT2D eigenvalue weighted by Gasteiger charge is -2.26. The van der Waals surface area contributed by atoms with Crippen LogP contribution in [0.15, 0.2) is 24.5 Å². The van der Waals surface area contributed by atoms with E-state index in [1.165, 1.54) is 0 Å². The molecule has 1 aliphatic heterocycles. The van der Waals surface area contributed by atoms with Crippen LogP contribution >= 0.6 is 0 Å². The van der Waals surface area contributed by atoms with Gasteiger partial charge in [0.05, 0.1) is 23.7 Å². The van der Waals surface area contributed by atoms with Crippen molar-refractivity contribution in [2.45, 2.75) is 6.42 Å². The van der Waals surface area contributed by atoms with Gasteiger partial charge in [0.25, 0.3) is 0 Å². The van der Waals surface area contributed by atoms with E-state index in [2.05, 4.69) is 50.3 Å². The maximum absolute atomic E-state index is 8.94. The molecule has 0 spiro atoms. The summed E-state index contributed by atoms with van der Waals surface area (Å²) in [6.45, 7) is 1.88. The molecule has 4 N–H and O–H groups in total. The van der Waals surface area contributed by atoms with Gasteiger partial charge in [0.1, 0.15) is 0 Å². The van der Waals surface area contributed by atoms with Gasteiger partial charge in [-0.2, -0.15) is 0 Å². The molecule has 0 aromatic heterocycles. The number of rotatable bonds is 7. The van der Waals surface area contributed by atoms with E-state index in [0.717, 1.165) is 42.4 Å². The highest BCUT2D eigenvalue weighted by Gasteiger charge is 2.20. The number of aliphatic hydroxyl groups excluding tert-OH is 1. The molecule has 6 heteroatoms. The Kier molecular flexibility index (Phi) is 5.16. The molecule has 1 aromatic carbocycles. The van der Waals surface area contributed by atoms with E-state index in [1.807, 2.05) is 21.1 Å². The Balaban J connectivity index is 2.25. The van der Waals surface area contributed by atoms with E-state index in [9.17, 15) is 0 Å². The molecule has 1 aromatic rings. The van der Waals surface area contributed by atoms with E-state index in [0.29, 0.717) is 0 Å². The van der Waals surface area contributed by atoms with Gasteiger partial charge < -0.3 is 30.9 Å². The van der Waals surface area contributed by atoms with E-state index in [1.54, 1.807) is 0 Å². The van der Waals surface area contributed by atoms with Crippen molar-refractivity contribution in [3.8, 4) is 0 Å². The average Bonchev–Trinajstić information content (AvgIpc) is 2.99. The van der Waals surface area contributed by atoms with Crippen LogP contribution < -0.4 is 20.9 Å². The van der Waals surface area contributed by atoms with Crippen LogP contribution in [0.3, 0.4) is 0 Å². The van der Waals surface area contributed by atoms with Crippen molar-refractivity contribution in [2.75, 3.05) is 61.8 Å². The van der Waals surface area contributed by atoms with Crippen LogP contribution in [0.25, 0.3) is 0 Å². The molecule has 0 unspecified atom stereocenters. The molecule has 1 aliphatic rings. The fourth-order valence-electron chi connectivity index (χ4n) is 2.50. The lowest BCUT2D eigenvalue weighted by atomic mass is 10.2. The van der Waals surface area contributed by atoms with Crippen molar-refractivity contribution < 1.29 is 5.11 Å². The summed E-state index contributed by atoms with van der Waals surface area (Å²) in [5, 5.41) is 18.6. The number of anilines is 4. The molecular formula is C15H25N5O. The van der Waals surface area contributed by atoms with Crippen molar-refractivity contribution in [1.82, 2.24) is 4.90 Å². The van der Waals surface area contributed by atoms with Crippen LogP contribution in [0.4, 0.5) is 22.7 Å². The van der Waals surface area contributed by atoms with Gasteiger partial charge in [-0.05, 0) is 18.6 Å². The molecule has 0 saturated heterocycles. The molecule has 0 aliphatic carbocycles. The van der Waals surface area contributed by atoms with E-state index in [4.69, 9.17) is 5.11 Å². The first-order valence-corrected chi connectivity index (χ1v) is 7.24. The molecule has 0 bridgehead atoms. The number of nitrogens with one attached hydrogen (secondary N) is 3. The minimum atomic E-state index is 0.227. The SMILES string of the molecule is CNc1cc(NC)c(N2C=CN(CCCO)C2)c(NC)c1. The lowest BCUT2D eigenvalue weighted by Crippen LogP contribution is -2.27. The Bertz CT molecular complexity index is 478. The summed E-state index contributed by atoms with van der Waals surface area (Å²) >= 11 is 0. The van der Waals surface area contributed by atoms with Crippen LogP contribution in [0.5, 0.6) is 0 Å². The van der Waals surface area contributed by atoms with Crippen molar-refractivity contribution in [3.63, 3.8) is 0 Å². The molecule has 1 heterocycles. The van der Waals surface area contributed by atoms with Gasteiger partial charge in [0.2, 0.25) is 0 Å². The molecule has 116 valence electrons. The molecule has 0 atom stereocenters. The summed E-state index contributed by atoms with van der Waals surface area (Å²) in [6.07, 6.45) is 4.93. The smallest absolute Gasteiger partial charge is 0.0943 e. The van der Waals surface area contributed by atoms with Crippen molar-refractivity contribution >= 4 is 22.7 Å². The van der Waals surface area contributed by atoms with Crippen molar-refractivity contribution in [2.24, 2.45) is 0 Å². The summed E-state index contributed by atoms with van der Waals surface area (Å²) < 4.78 is 0. The maximum Gasteiger partial charge on any atom is 0.0943 e. The van der Waals surface area contributed by atoms with Gasteiger partial charge in [0, 0.05) is 52.4 Å². The number of benzene rings is 1. The summed E-state index contributed by atoms with van der Waals surface area (Å²) in [5.41, 5.74) is 4.33. The Morgan fingerprint density at radius 1 is 1.05 bits per heavy atom. The molecule has 0 amide bonds. The predicted molar refractivity (Wildman–Crippen MR) is 90.0 cm³/mol. The monoisotopic (exact) mass is 291 g/mol. The Morgan fingerprint density at radius 2 is 1.71 bits per heavy atom. The van der Waals surface area contributed by atoms with Crippen LogP contribution in [-0.4, -0.2) is 51.0 Å². The van der Waals surface area contributed by atoms with Gasteiger partial charge in [0.15, 0.2) is 0 Å². The fourth-order valence-corrected chi connectivity index (χ4v) is 2.50. The maximum atomic E-state index is 8.94. The van der Waals surface area contributed by atoms with Gasteiger partial charge in [-0.25, -0.2) is 0 Å². The summed E-state index contributed by atoms with van der Waals surface area (Å²) in [5.74, 6) is 0. The van der Waals surface area contributed by atoms with Gasteiger partial charge in [-0.15, -0.1) is 0 Å². The van der Waals surface area contributed by atoms with E-state index in [-0.39, 0.29) is 6.61 Å². The normalized spacial score (nSPS) is 13.7. The van der Waals surface area contributed by atoms with Crippen molar-refractivity contribution in [1.29, 1.82) is 0 Å². The zero-order valence-corrected chi connectivity index (χ0v) is 13.0. The number of hydrogen-bond acceptors (Lipinski definition) is 6. The largest absolute Gasteiger partial charge is 0.396 e. The molecular weight excluding hydrogens is 266 g/mol. The summed E-state index contributed by atoms with van der Waals surface area (Å²) in [7, 11) is 5.78. The second-order valence-corrected chi connectivity index (χ2v) is 4.97. The first kappa shape index (κ1) is 15.3. The van der Waals surface area contributed by atoms with Gasteiger partial charge in [-0.1, -0.05) is 0 Å². The highest BCUT2D eigenvalue weighted by Crippen LogP contribution is 2.38. The Labute approximate surface area is 126 Å². The van der Waals surface area contributed by atoms with Crippen LogP contribution in [0.2, 0.25) is 0 Å². The fraction of sp³-hybridized carbons (Fsp3) is 0.467. The molecule has 0 fully saturated rings. The minimum Gasteiger partial charge on any atom is -0.396 e. The molecule has 2 rings (SSSR count).